The van der Waals surface area contributed by atoms with Crippen molar-refractivity contribution in [3.05, 3.63) is 225 Å². The normalized spacial score (nSPS) is 10.8. The lowest BCUT2D eigenvalue weighted by molar-refractivity contribution is 0.312. The van der Waals surface area contributed by atoms with Crippen LogP contribution in [0.25, 0.3) is 33.4 Å². The third kappa shape index (κ3) is 8.33. The molecule has 0 unspecified atom stereocenters. The van der Waals surface area contributed by atoms with E-state index in [1.807, 2.05) is 6.08 Å². The molecule has 0 aliphatic rings. The average Bonchev–Trinajstić information content (AvgIpc) is 3.28. The molecule has 0 spiro atoms. The number of rotatable bonds is 14. The van der Waals surface area contributed by atoms with Crippen LogP contribution in [0.4, 0.5) is 34.1 Å². The summed E-state index contributed by atoms with van der Waals surface area (Å²) in [6.07, 6.45) is 3.83. The van der Waals surface area contributed by atoms with Crippen LogP contribution in [0.2, 0.25) is 0 Å². The van der Waals surface area contributed by atoms with Crippen LogP contribution in [0.3, 0.4) is 0 Å². The molecule has 0 radical (unpaired) electrons. The summed E-state index contributed by atoms with van der Waals surface area (Å²) in [5.41, 5.74) is 13.6. The summed E-state index contributed by atoms with van der Waals surface area (Å²) in [4.78, 5) is 4.60. The van der Waals surface area contributed by atoms with Crippen LogP contribution in [0.1, 0.15) is 12.8 Å². The van der Waals surface area contributed by atoms with Gasteiger partial charge < -0.3 is 14.5 Å². The zero-order chi connectivity index (χ0) is 37.9. The van der Waals surface area contributed by atoms with E-state index in [0.717, 1.165) is 63.8 Å². The number of allylic oxidation sites excluding steroid dienone is 1. The highest BCUT2D eigenvalue weighted by Crippen LogP contribution is 2.39. The van der Waals surface area contributed by atoms with Crippen LogP contribution in [-0.4, -0.2) is 6.61 Å². The van der Waals surface area contributed by atoms with E-state index in [9.17, 15) is 0 Å². The van der Waals surface area contributed by atoms with Crippen LogP contribution in [0.15, 0.2) is 225 Å². The highest BCUT2D eigenvalue weighted by molar-refractivity contribution is 5.82. The third-order valence-corrected chi connectivity index (χ3v) is 9.98. The fourth-order valence-electron chi connectivity index (χ4n) is 7.05. The van der Waals surface area contributed by atoms with E-state index in [-0.39, 0.29) is 0 Å². The summed E-state index contributed by atoms with van der Waals surface area (Å²) in [5.74, 6) is 0.867. The minimum Gasteiger partial charge on any atom is -0.494 e. The van der Waals surface area contributed by atoms with E-state index >= 15 is 0 Å². The Bertz CT molecular complexity index is 2430. The topological polar surface area (TPSA) is 15.7 Å². The number of anilines is 6. The van der Waals surface area contributed by atoms with Crippen molar-refractivity contribution in [3.8, 4) is 39.1 Å². The average molecular weight is 725 g/mol. The van der Waals surface area contributed by atoms with E-state index in [2.05, 4.69) is 229 Å². The standard InChI is InChI=1S/C53H44N2O/c1-2-3-13-40-56-53-38-36-52(37-39-53)55(50-30-22-44(23-31-50)42-16-9-5-10-17-42)51-34-26-46(27-35-51)45-24-32-49(33-25-45)54(47-18-11-6-12-19-47)48-28-20-43(21-29-48)41-14-7-4-8-15-41/h2,4-12,14-39H,1,3,13,40H2. The summed E-state index contributed by atoms with van der Waals surface area (Å²) < 4.78 is 6.01. The molecule has 0 amide bonds. The highest BCUT2D eigenvalue weighted by Gasteiger charge is 2.15. The molecule has 8 aromatic carbocycles. The lowest BCUT2D eigenvalue weighted by atomic mass is 10.0. The van der Waals surface area contributed by atoms with E-state index in [4.69, 9.17) is 4.74 Å². The Morgan fingerprint density at radius 1 is 0.339 bits per heavy atom. The van der Waals surface area contributed by atoms with Crippen molar-refractivity contribution in [2.45, 2.75) is 12.8 Å². The lowest BCUT2D eigenvalue weighted by Crippen LogP contribution is -2.10. The number of unbranched alkanes of at least 4 members (excludes halogenated alkanes) is 1. The Labute approximate surface area is 331 Å². The van der Waals surface area contributed by atoms with Gasteiger partial charge >= 0.3 is 0 Å². The number of nitrogens with zero attached hydrogens (tertiary/aromatic N) is 2. The molecule has 8 aromatic rings. The van der Waals surface area contributed by atoms with Gasteiger partial charge in [0.15, 0.2) is 0 Å². The van der Waals surface area contributed by atoms with Gasteiger partial charge in [0.25, 0.3) is 0 Å². The van der Waals surface area contributed by atoms with E-state index in [0.29, 0.717) is 6.61 Å². The van der Waals surface area contributed by atoms with Crippen LogP contribution in [0.5, 0.6) is 5.75 Å². The van der Waals surface area contributed by atoms with E-state index in [1.165, 1.54) is 22.3 Å². The predicted octanol–water partition coefficient (Wildman–Crippen LogP) is 15.0. The van der Waals surface area contributed by atoms with Crippen molar-refractivity contribution in [1.82, 2.24) is 0 Å². The Hall–Kier alpha value is -7.10. The monoisotopic (exact) mass is 724 g/mol. The molecule has 56 heavy (non-hydrogen) atoms. The number of hydrogen-bond donors (Lipinski definition) is 0. The largest absolute Gasteiger partial charge is 0.494 e. The Kier molecular flexibility index (Phi) is 11.1. The molecule has 0 saturated carbocycles. The van der Waals surface area contributed by atoms with Crippen molar-refractivity contribution in [2.75, 3.05) is 16.4 Å². The van der Waals surface area contributed by atoms with Gasteiger partial charge in [-0.05, 0) is 131 Å². The summed E-state index contributed by atoms with van der Waals surface area (Å²) in [7, 11) is 0. The molecule has 8 rings (SSSR count). The Morgan fingerprint density at radius 2 is 0.625 bits per heavy atom. The molecule has 0 bridgehead atoms. The second kappa shape index (κ2) is 17.4. The van der Waals surface area contributed by atoms with Crippen LogP contribution >= 0.6 is 0 Å². The minimum atomic E-state index is 0.671. The van der Waals surface area contributed by atoms with Crippen molar-refractivity contribution in [3.63, 3.8) is 0 Å². The lowest BCUT2D eigenvalue weighted by Gasteiger charge is -2.26. The van der Waals surface area contributed by atoms with Crippen LogP contribution in [-0.2, 0) is 0 Å². The first kappa shape index (κ1) is 35.9. The molecule has 272 valence electrons. The van der Waals surface area contributed by atoms with Gasteiger partial charge in [0.2, 0.25) is 0 Å². The maximum absolute atomic E-state index is 6.01. The molecular weight excluding hydrogens is 681 g/mol. The van der Waals surface area contributed by atoms with Gasteiger partial charge in [0.05, 0.1) is 6.61 Å². The van der Waals surface area contributed by atoms with E-state index in [1.54, 1.807) is 0 Å². The molecule has 0 aliphatic heterocycles. The molecular formula is C53H44N2O. The Morgan fingerprint density at radius 3 is 0.964 bits per heavy atom. The Balaban J connectivity index is 1.07. The van der Waals surface area contributed by atoms with Crippen molar-refractivity contribution < 1.29 is 4.74 Å². The summed E-state index contributed by atoms with van der Waals surface area (Å²) in [6.45, 7) is 4.49. The number of hydrogen-bond acceptors (Lipinski definition) is 3. The van der Waals surface area contributed by atoms with Gasteiger partial charge in [-0.3, -0.25) is 0 Å². The first-order chi connectivity index (χ1) is 27.7. The highest BCUT2D eigenvalue weighted by atomic mass is 16.5. The van der Waals surface area contributed by atoms with Crippen molar-refractivity contribution in [2.24, 2.45) is 0 Å². The number of para-hydroxylation sites is 1. The summed E-state index contributed by atoms with van der Waals surface area (Å²) in [6, 6.07) is 75.2. The molecule has 0 aliphatic carbocycles. The quantitative estimate of drug-likeness (QED) is 0.0820. The van der Waals surface area contributed by atoms with Crippen molar-refractivity contribution in [1.29, 1.82) is 0 Å². The molecule has 3 nitrogen and oxygen atoms in total. The van der Waals surface area contributed by atoms with Crippen molar-refractivity contribution >= 4 is 34.1 Å². The first-order valence-corrected chi connectivity index (χ1v) is 19.2. The second-order valence-electron chi connectivity index (χ2n) is 13.7. The number of benzene rings is 8. The molecule has 0 atom stereocenters. The van der Waals surface area contributed by atoms with Gasteiger partial charge in [-0.1, -0.05) is 133 Å². The molecule has 0 heterocycles. The summed E-state index contributed by atoms with van der Waals surface area (Å²) >= 11 is 0. The molecule has 0 fully saturated rings. The maximum atomic E-state index is 6.01. The van der Waals surface area contributed by atoms with E-state index < -0.39 is 0 Å². The molecule has 0 N–H and O–H groups in total. The minimum absolute atomic E-state index is 0.671. The smallest absolute Gasteiger partial charge is 0.119 e. The fraction of sp³-hybridized carbons (Fsp3) is 0.0566. The molecule has 0 saturated heterocycles. The maximum Gasteiger partial charge on any atom is 0.119 e. The van der Waals surface area contributed by atoms with Crippen LogP contribution < -0.4 is 14.5 Å². The van der Waals surface area contributed by atoms with Gasteiger partial charge in [0.1, 0.15) is 5.75 Å². The zero-order valence-corrected chi connectivity index (χ0v) is 31.4. The van der Waals surface area contributed by atoms with Gasteiger partial charge in [-0.15, -0.1) is 6.58 Å². The first-order valence-electron chi connectivity index (χ1n) is 19.2. The van der Waals surface area contributed by atoms with Gasteiger partial charge in [-0.2, -0.15) is 0 Å². The fourth-order valence-corrected chi connectivity index (χ4v) is 7.05. The SMILES string of the molecule is C=CCCCOc1ccc(N(c2ccc(-c3ccccc3)cc2)c2ccc(-c3ccc(N(c4ccccc4)c4ccc(-c5ccccc5)cc4)cc3)cc2)cc1. The van der Waals surface area contributed by atoms with Gasteiger partial charge in [-0.25, -0.2) is 0 Å². The zero-order valence-electron chi connectivity index (χ0n) is 31.4. The summed E-state index contributed by atoms with van der Waals surface area (Å²) in [5, 5.41) is 0. The third-order valence-electron chi connectivity index (χ3n) is 9.98. The predicted molar refractivity (Wildman–Crippen MR) is 237 cm³/mol. The number of ether oxygens (including phenoxy) is 1. The molecule has 3 heteroatoms. The van der Waals surface area contributed by atoms with Gasteiger partial charge in [0, 0.05) is 34.1 Å². The molecule has 0 aromatic heterocycles. The second-order valence-corrected chi connectivity index (χ2v) is 13.7. The van der Waals surface area contributed by atoms with Crippen LogP contribution in [0, 0.1) is 0 Å².